The topological polar surface area (TPSA) is 0 Å². The van der Waals surface area contributed by atoms with Gasteiger partial charge in [-0.25, -0.2) is 0 Å². The van der Waals surface area contributed by atoms with Gasteiger partial charge in [-0.1, -0.05) is 0 Å². The molecule has 1 atom stereocenters. The van der Waals surface area contributed by atoms with Crippen molar-refractivity contribution in [2.75, 3.05) is 0 Å². The van der Waals surface area contributed by atoms with Gasteiger partial charge in [0.05, 0.1) is 0 Å². The van der Waals surface area contributed by atoms with E-state index in [2.05, 4.69) is 56.9 Å². The molecule has 0 aliphatic rings. The van der Waals surface area contributed by atoms with Gasteiger partial charge in [-0.3, -0.25) is 0 Å². The maximum absolute atomic E-state index is 6.18. The quantitative estimate of drug-likeness (QED) is 0.457. The van der Waals surface area contributed by atoms with Crippen molar-refractivity contribution in [1.29, 1.82) is 0 Å². The number of alkyl halides is 1. The van der Waals surface area contributed by atoms with Crippen LogP contribution in [0.2, 0.25) is 5.32 Å². The molecule has 0 aliphatic carbocycles. The Morgan fingerprint density at radius 3 is 2.44 bits per heavy atom. The fraction of sp³-hybridized carbons (Fsp3) is 0.429. The van der Waals surface area contributed by atoms with Gasteiger partial charge in [-0.15, -0.1) is 0 Å². The summed E-state index contributed by atoms with van der Waals surface area (Å²) in [4.78, 5) is 0. The molecule has 0 N–H and O–H groups in total. The van der Waals surface area contributed by atoms with E-state index in [-0.39, 0.29) is 10.8 Å². The van der Waals surface area contributed by atoms with E-state index in [9.17, 15) is 0 Å². The monoisotopic (exact) mass is 300 g/mol. The Hall–Kier alpha value is -0.411. The van der Waals surface area contributed by atoms with Crippen LogP contribution < -0.4 is 4.46 Å². The van der Waals surface area contributed by atoms with Crippen molar-refractivity contribution in [3.8, 4) is 11.8 Å². The minimum atomic E-state index is -0.0144. The van der Waals surface area contributed by atoms with Gasteiger partial charge in [-0.2, -0.15) is 0 Å². The Bertz CT molecular complexity index is 367. The van der Waals surface area contributed by atoms with Gasteiger partial charge < -0.3 is 0 Å². The molecule has 16 heavy (non-hydrogen) atoms. The van der Waals surface area contributed by atoms with Crippen LogP contribution in [0, 0.1) is 17.3 Å². The summed E-state index contributed by atoms with van der Waals surface area (Å²) in [5, 5.41) is 0.959. The van der Waals surface area contributed by atoms with Crippen LogP contribution in [0.4, 0.5) is 0 Å². The second kappa shape index (κ2) is 6.36. The van der Waals surface area contributed by atoms with Gasteiger partial charge in [-0.05, 0) is 0 Å². The predicted octanol–water partition coefficient (Wildman–Crippen LogP) is 3.09. The molecule has 86 valence electrons. The second-order valence-corrected chi connectivity index (χ2v) is 7.43. The number of hydrogen-bond acceptors (Lipinski definition) is 0. The van der Waals surface area contributed by atoms with Crippen molar-refractivity contribution in [3.05, 3.63) is 30.3 Å². The molecule has 0 amide bonds. The second-order valence-electron chi connectivity index (χ2n) is 4.61. The van der Waals surface area contributed by atoms with Gasteiger partial charge in [0.25, 0.3) is 0 Å². The Morgan fingerprint density at radius 1 is 1.25 bits per heavy atom. The third-order valence-electron chi connectivity index (χ3n) is 1.74. The van der Waals surface area contributed by atoms with Gasteiger partial charge in [0, 0.05) is 0 Å². The van der Waals surface area contributed by atoms with Gasteiger partial charge in [0.1, 0.15) is 0 Å². The first-order chi connectivity index (χ1) is 7.47. The van der Waals surface area contributed by atoms with Crippen LogP contribution in [-0.2, 0) is 0 Å². The van der Waals surface area contributed by atoms with Crippen LogP contribution in [0.25, 0.3) is 0 Å². The normalized spacial score (nSPS) is 12.8. The summed E-state index contributed by atoms with van der Waals surface area (Å²) in [6.07, 6.45) is 0. The SMILES string of the molecule is CC(C)(C)C#CC(Cl)C[Se]c1ccccc1. The molecule has 0 saturated carbocycles. The molecule has 0 fully saturated rings. The van der Waals surface area contributed by atoms with Gasteiger partial charge >= 0.3 is 110 Å². The predicted molar refractivity (Wildman–Crippen MR) is 73.5 cm³/mol. The van der Waals surface area contributed by atoms with Crippen LogP contribution in [-0.4, -0.2) is 20.3 Å². The summed E-state index contributed by atoms with van der Waals surface area (Å²) in [6, 6.07) is 10.5. The summed E-state index contributed by atoms with van der Waals surface area (Å²) in [6.45, 7) is 6.31. The Morgan fingerprint density at radius 2 is 1.88 bits per heavy atom. The zero-order valence-corrected chi connectivity index (χ0v) is 12.4. The van der Waals surface area contributed by atoms with Crippen LogP contribution in [0.5, 0.6) is 0 Å². The van der Waals surface area contributed by atoms with Crippen molar-refractivity contribution in [1.82, 2.24) is 0 Å². The van der Waals surface area contributed by atoms with Crippen LogP contribution in [0.15, 0.2) is 30.3 Å². The van der Waals surface area contributed by atoms with Gasteiger partial charge in [0.2, 0.25) is 0 Å². The van der Waals surface area contributed by atoms with Crippen LogP contribution >= 0.6 is 11.6 Å². The van der Waals surface area contributed by atoms with Crippen molar-refractivity contribution in [2.45, 2.75) is 31.5 Å². The van der Waals surface area contributed by atoms with E-state index < -0.39 is 0 Å². The molecule has 0 radical (unpaired) electrons. The molecule has 2 heteroatoms. The Kier molecular flexibility index (Phi) is 5.42. The average Bonchev–Trinajstić information content (AvgIpc) is 2.24. The van der Waals surface area contributed by atoms with E-state index in [1.165, 1.54) is 4.46 Å². The summed E-state index contributed by atoms with van der Waals surface area (Å²) < 4.78 is 1.39. The number of rotatable bonds is 3. The van der Waals surface area contributed by atoms with E-state index in [0.29, 0.717) is 15.0 Å². The summed E-state index contributed by atoms with van der Waals surface area (Å²) >= 11 is 6.61. The first-order valence-corrected chi connectivity index (χ1v) is 7.82. The molecular weight excluding hydrogens is 283 g/mol. The molecule has 1 aromatic rings. The number of hydrogen-bond donors (Lipinski definition) is 0. The molecule has 1 unspecified atom stereocenters. The van der Waals surface area contributed by atoms with Crippen molar-refractivity contribution < 1.29 is 0 Å². The summed E-state index contributed by atoms with van der Waals surface area (Å²) in [5.41, 5.74) is 0.0485. The van der Waals surface area contributed by atoms with Gasteiger partial charge in [0.15, 0.2) is 0 Å². The van der Waals surface area contributed by atoms with Crippen LogP contribution in [0.3, 0.4) is 0 Å². The number of benzene rings is 1. The van der Waals surface area contributed by atoms with E-state index in [1.54, 1.807) is 0 Å². The third kappa shape index (κ3) is 6.23. The molecule has 0 spiro atoms. The third-order valence-corrected chi connectivity index (χ3v) is 4.74. The molecule has 0 aliphatic heterocycles. The first kappa shape index (κ1) is 13.7. The fourth-order valence-corrected chi connectivity index (χ4v) is 3.02. The molecular formula is C14H17ClSe. The molecule has 0 nitrogen and oxygen atoms in total. The van der Waals surface area contributed by atoms with E-state index >= 15 is 0 Å². The Balaban J connectivity index is 2.41. The van der Waals surface area contributed by atoms with Crippen LogP contribution in [0.1, 0.15) is 20.8 Å². The first-order valence-electron chi connectivity index (χ1n) is 5.32. The average molecular weight is 300 g/mol. The molecule has 0 bridgehead atoms. The molecule has 1 aromatic carbocycles. The zero-order valence-electron chi connectivity index (χ0n) is 9.96. The summed E-state index contributed by atoms with van der Waals surface area (Å²) in [7, 11) is 0. The number of halogens is 1. The molecule has 0 saturated heterocycles. The van der Waals surface area contributed by atoms with E-state index in [1.807, 2.05) is 6.07 Å². The fourth-order valence-electron chi connectivity index (χ4n) is 1.02. The van der Waals surface area contributed by atoms with Crippen molar-refractivity contribution >= 4 is 31.0 Å². The maximum atomic E-state index is 6.18. The Labute approximate surface area is 110 Å². The molecule has 0 aromatic heterocycles. The van der Waals surface area contributed by atoms with Crippen molar-refractivity contribution in [3.63, 3.8) is 0 Å². The van der Waals surface area contributed by atoms with E-state index in [0.717, 1.165) is 5.32 Å². The zero-order chi connectivity index (χ0) is 12.0. The molecule has 1 rings (SSSR count). The van der Waals surface area contributed by atoms with E-state index in [4.69, 9.17) is 11.6 Å². The molecule has 0 heterocycles. The van der Waals surface area contributed by atoms with Crippen molar-refractivity contribution in [2.24, 2.45) is 5.41 Å². The minimum absolute atomic E-state index is 0.0144. The standard InChI is InChI=1S/C14H17ClSe/c1-14(2,3)10-9-12(15)11-16-13-7-5-4-6-8-13/h4-8,12H,11H2,1-3H3. The summed E-state index contributed by atoms with van der Waals surface area (Å²) in [5.74, 6) is 6.31.